The van der Waals surface area contributed by atoms with Gasteiger partial charge in [0.05, 0.1) is 37.7 Å². The Kier molecular flexibility index (Phi) is 5.18. The molecule has 1 atom stereocenters. The fraction of sp³-hybridized carbons (Fsp3) is 0.526. The number of piperidine rings is 1. The number of rotatable bonds is 4. The van der Waals surface area contributed by atoms with Crippen LogP contribution in [0.2, 0.25) is 0 Å². The van der Waals surface area contributed by atoms with Gasteiger partial charge in [-0.15, -0.1) is 0 Å². The van der Waals surface area contributed by atoms with Crippen molar-refractivity contribution in [3.05, 3.63) is 29.8 Å². The van der Waals surface area contributed by atoms with Crippen LogP contribution in [0.5, 0.6) is 0 Å². The van der Waals surface area contributed by atoms with E-state index >= 15 is 0 Å². The Bertz CT molecular complexity index is 663. The van der Waals surface area contributed by atoms with Crippen LogP contribution in [0.4, 0.5) is 5.69 Å². The number of imide groups is 1. The summed E-state index contributed by atoms with van der Waals surface area (Å²) in [7, 11) is 0. The standard InChI is InChI=1S/C19H24N2O4/c1-3-25-19(24)14-8-10-20(11-9-14)16-12-17(22)21(18(16)23)15-6-4-13(2)5-7-15/h4-7,14,16H,3,8-12H2,1-2H3/p+1. The molecule has 25 heavy (non-hydrogen) atoms. The number of esters is 1. The molecule has 6 nitrogen and oxygen atoms in total. The first-order valence-electron chi connectivity index (χ1n) is 8.96. The highest BCUT2D eigenvalue weighted by atomic mass is 16.5. The van der Waals surface area contributed by atoms with Crippen LogP contribution in [0.15, 0.2) is 24.3 Å². The lowest BCUT2D eigenvalue weighted by Gasteiger charge is -2.31. The first kappa shape index (κ1) is 17.6. The monoisotopic (exact) mass is 345 g/mol. The third-order valence-corrected chi connectivity index (χ3v) is 5.18. The number of aryl methyl sites for hydroxylation is 1. The topological polar surface area (TPSA) is 68.1 Å². The van der Waals surface area contributed by atoms with Crippen molar-refractivity contribution in [1.82, 2.24) is 0 Å². The number of quaternary nitrogens is 1. The smallest absolute Gasteiger partial charge is 0.309 e. The highest BCUT2D eigenvalue weighted by Crippen LogP contribution is 2.23. The van der Waals surface area contributed by atoms with Gasteiger partial charge in [-0.25, -0.2) is 4.90 Å². The number of anilines is 1. The van der Waals surface area contributed by atoms with Crippen molar-refractivity contribution in [2.75, 3.05) is 24.6 Å². The number of hydrogen-bond donors (Lipinski definition) is 1. The fourth-order valence-corrected chi connectivity index (χ4v) is 3.75. The summed E-state index contributed by atoms with van der Waals surface area (Å²) in [4.78, 5) is 39.5. The summed E-state index contributed by atoms with van der Waals surface area (Å²) in [6.45, 7) is 5.61. The molecule has 2 saturated heterocycles. The first-order valence-corrected chi connectivity index (χ1v) is 8.96. The molecule has 0 saturated carbocycles. The second-order valence-electron chi connectivity index (χ2n) is 6.84. The molecule has 0 bridgehead atoms. The summed E-state index contributed by atoms with van der Waals surface area (Å²) < 4.78 is 5.09. The summed E-state index contributed by atoms with van der Waals surface area (Å²) in [6, 6.07) is 7.10. The zero-order valence-corrected chi connectivity index (χ0v) is 14.8. The molecule has 2 aliphatic heterocycles. The SMILES string of the molecule is CCOC(=O)C1CC[NH+](C2CC(=O)N(c3ccc(C)cc3)C2=O)CC1. The van der Waals surface area contributed by atoms with Gasteiger partial charge in [0.15, 0.2) is 6.04 Å². The predicted octanol–water partition coefficient (Wildman–Crippen LogP) is 0.485. The summed E-state index contributed by atoms with van der Waals surface area (Å²) >= 11 is 0. The zero-order valence-electron chi connectivity index (χ0n) is 14.8. The van der Waals surface area contributed by atoms with Gasteiger partial charge >= 0.3 is 5.97 Å². The second kappa shape index (κ2) is 7.35. The van der Waals surface area contributed by atoms with Gasteiger partial charge in [0.2, 0.25) is 5.91 Å². The molecule has 0 aromatic heterocycles. The second-order valence-corrected chi connectivity index (χ2v) is 6.84. The zero-order chi connectivity index (χ0) is 18.0. The van der Waals surface area contributed by atoms with Crippen LogP contribution >= 0.6 is 0 Å². The molecule has 2 aliphatic rings. The van der Waals surface area contributed by atoms with Crippen LogP contribution in [-0.4, -0.2) is 43.5 Å². The maximum absolute atomic E-state index is 12.8. The van der Waals surface area contributed by atoms with E-state index in [0.717, 1.165) is 23.6 Å². The van der Waals surface area contributed by atoms with E-state index in [1.165, 1.54) is 4.90 Å². The lowest BCUT2D eigenvalue weighted by atomic mass is 9.95. The Labute approximate surface area is 147 Å². The van der Waals surface area contributed by atoms with Crippen molar-refractivity contribution < 1.29 is 24.0 Å². The molecule has 1 aromatic rings. The van der Waals surface area contributed by atoms with Crippen LogP contribution in [-0.2, 0) is 19.1 Å². The predicted molar refractivity (Wildman–Crippen MR) is 92.1 cm³/mol. The number of carbonyl (C=O) groups excluding carboxylic acids is 3. The highest BCUT2D eigenvalue weighted by molar-refractivity contribution is 6.21. The summed E-state index contributed by atoms with van der Waals surface area (Å²) in [5.74, 6) is -0.488. The normalized spacial score (nSPS) is 26.8. The highest BCUT2D eigenvalue weighted by Gasteiger charge is 2.47. The number of nitrogens with one attached hydrogen (secondary N) is 1. The van der Waals surface area contributed by atoms with E-state index in [-0.39, 0.29) is 36.2 Å². The maximum atomic E-state index is 12.8. The quantitative estimate of drug-likeness (QED) is 0.637. The summed E-state index contributed by atoms with van der Waals surface area (Å²) in [5.41, 5.74) is 1.73. The van der Waals surface area contributed by atoms with E-state index in [0.29, 0.717) is 25.1 Å². The fourth-order valence-electron chi connectivity index (χ4n) is 3.75. The van der Waals surface area contributed by atoms with Crippen molar-refractivity contribution >= 4 is 23.5 Å². The van der Waals surface area contributed by atoms with Gasteiger partial charge in [0, 0.05) is 12.8 Å². The van der Waals surface area contributed by atoms with Crippen LogP contribution in [0.25, 0.3) is 0 Å². The summed E-state index contributed by atoms with van der Waals surface area (Å²) in [6.07, 6.45) is 1.65. The number of hydrogen-bond acceptors (Lipinski definition) is 4. The lowest BCUT2D eigenvalue weighted by Crippen LogP contribution is -3.17. The number of benzene rings is 1. The van der Waals surface area contributed by atoms with Gasteiger partial charge in [0.25, 0.3) is 5.91 Å². The third kappa shape index (κ3) is 3.58. The van der Waals surface area contributed by atoms with Crippen molar-refractivity contribution in [2.24, 2.45) is 5.92 Å². The Morgan fingerprint density at radius 2 is 1.84 bits per heavy atom. The van der Waals surface area contributed by atoms with Crippen molar-refractivity contribution in [2.45, 2.75) is 39.2 Å². The molecule has 2 fully saturated rings. The van der Waals surface area contributed by atoms with E-state index in [1.54, 1.807) is 6.92 Å². The van der Waals surface area contributed by atoms with E-state index in [1.807, 2.05) is 31.2 Å². The molecular formula is C19H25N2O4+. The lowest BCUT2D eigenvalue weighted by molar-refractivity contribution is -0.920. The molecule has 6 heteroatoms. The molecule has 0 aliphatic carbocycles. The average Bonchev–Trinajstić information content (AvgIpc) is 2.91. The van der Waals surface area contributed by atoms with Gasteiger partial charge in [-0.3, -0.25) is 14.4 Å². The first-order chi connectivity index (χ1) is 12.0. The van der Waals surface area contributed by atoms with Gasteiger partial charge in [-0.1, -0.05) is 17.7 Å². The van der Waals surface area contributed by atoms with E-state index in [4.69, 9.17) is 4.74 Å². The largest absolute Gasteiger partial charge is 0.466 e. The van der Waals surface area contributed by atoms with Crippen LogP contribution < -0.4 is 9.80 Å². The summed E-state index contributed by atoms with van der Waals surface area (Å²) in [5, 5.41) is 0. The van der Waals surface area contributed by atoms with Gasteiger partial charge in [-0.05, 0) is 26.0 Å². The van der Waals surface area contributed by atoms with Crippen LogP contribution in [0, 0.1) is 12.8 Å². The van der Waals surface area contributed by atoms with Crippen molar-refractivity contribution in [3.63, 3.8) is 0 Å². The average molecular weight is 345 g/mol. The van der Waals surface area contributed by atoms with Crippen LogP contribution in [0.3, 0.4) is 0 Å². The van der Waals surface area contributed by atoms with E-state index in [2.05, 4.69) is 0 Å². The minimum Gasteiger partial charge on any atom is -0.466 e. The molecule has 2 heterocycles. The Morgan fingerprint density at radius 3 is 2.44 bits per heavy atom. The molecule has 3 rings (SSSR count). The third-order valence-electron chi connectivity index (χ3n) is 5.18. The molecule has 1 unspecified atom stereocenters. The van der Waals surface area contributed by atoms with E-state index < -0.39 is 0 Å². The Balaban J connectivity index is 1.65. The van der Waals surface area contributed by atoms with Gasteiger partial charge in [-0.2, -0.15) is 0 Å². The number of nitrogens with zero attached hydrogens (tertiary/aromatic N) is 1. The van der Waals surface area contributed by atoms with Crippen molar-refractivity contribution in [3.8, 4) is 0 Å². The molecule has 2 amide bonds. The number of carbonyl (C=O) groups is 3. The molecule has 0 radical (unpaired) electrons. The molecule has 0 spiro atoms. The molecule has 1 aromatic carbocycles. The number of ether oxygens (including phenoxy) is 1. The van der Waals surface area contributed by atoms with Crippen molar-refractivity contribution in [1.29, 1.82) is 0 Å². The van der Waals surface area contributed by atoms with Gasteiger partial charge in [0.1, 0.15) is 0 Å². The minimum absolute atomic E-state index is 0.0795. The Morgan fingerprint density at radius 1 is 1.20 bits per heavy atom. The minimum atomic E-state index is -0.336. The van der Waals surface area contributed by atoms with Gasteiger partial charge < -0.3 is 9.64 Å². The molecule has 1 N–H and O–H groups in total. The molecule has 134 valence electrons. The Hall–Kier alpha value is -2.21. The maximum Gasteiger partial charge on any atom is 0.309 e. The molecular weight excluding hydrogens is 320 g/mol. The number of amides is 2. The van der Waals surface area contributed by atoms with E-state index in [9.17, 15) is 14.4 Å². The van der Waals surface area contributed by atoms with Crippen LogP contribution in [0.1, 0.15) is 31.7 Å². The number of likely N-dealkylation sites (tertiary alicyclic amines) is 1.